The summed E-state index contributed by atoms with van der Waals surface area (Å²) in [5, 5.41) is 0.863. The third-order valence-electron chi connectivity index (χ3n) is 4.60. The zero-order valence-electron chi connectivity index (χ0n) is 14.0. The molecule has 26 heavy (non-hydrogen) atoms. The Morgan fingerprint density at radius 2 is 1.65 bits per heavy atom. The van der Waals surface area contributed by atoms with Crippen molar-refractivity contribution in [3.05, 3.63) is 69.7 Å². The van der Waals surface area contributed by atoms with Crippen LogP contribution in [0.4, 0.5) is 0 Å². The number of nitrogens with two attached hydrogens (primary N) is 1. The van der Waals surface area contributed by atoms with Gasteiger partial charge in [0.05, 0.1) is 5.75 Å². The first-order chi connectivity index (χ1) is 11.9. The van der Waals surface area contributed by atoms with Crippen LogP contribution in [0.3, 0.4) is 0 Å². The van der Waals surface area contributed by atoms with Gasteiger partial charge in [-0.15, -0.1) is 12.4 Å². The normalized spacial score (nSPS) is 20.7. The first kappa shape index (κ1) is 21.5. The zero-order valence-corrected chi connectivity index (χ0v) is 17.2. The quantitative estimate of drug-likeness (QED) is 0.774. The highest BCUT2D eigenvalue weighted by Crippen LogP contribution is 2.34. The Labute approximate surface area is 170 Å². The molecule has 1 fully saturated rings. The molecule has 1 aliphatic heterocycles. The molecule has 0 aromatic heterocycles. The van der Waals surface area contributed by atoms with Crippen molar-refractivity contribution in [1.82, 2.24) is 4.31 Å². The molecule has 0 saturated carbocycles. The third kappa shape index (κ3) is 4.91. The topological polar surface area (TPSA) is 63.4 Å². The second kappa shape index (κ2) is 8.91. The molecule has 0 amide bonds. The Hall–Kier alpha value is -0.820. The van der Waals surface area contributed by atoms with Crippen LogP contribution in [0, 0.1) is 5.92 Å². The summed E-state index contributed by atoms with van der Waals surface area (Å²) < 4.78 is 27.3. The fraction of sp³-hybridized carbons (Fsp3) is 0.333. The van der Waals surface area contributed by atoms with Gasteiger partial charge in [-0.05, 0) is 41.8 Å². The van der Waals surface area contributed by atoms with Gasteiger partial charge in [0.2, 0.25) is 10.0 Å². The van der Waals surface area contributed by atoms with E-state index < -0.39 is 10.0 Å². The maximum Gasteiger partial charge on any atom is 0.218 e. The summed E-state index contributed by atoms with van der Waals surface area (Å²) in [5.74, 6) is 0.107. The summed E-state index contributed by atoms with van der Waals surface area (Å²) >= 11 is 12.0. The highest BCUT2D eigenvalue weighted by molar-refractivity contribution is 7.88. The first-order valence-electron chi connectivity index (χ1n) is 8.07. The Balaban J connectivity index is 0.00000243. The maximum absolute atomic E-state index is 12.9. The van der Waals surface area contributed by atoms with E-state index in [1.165, 1.54) is 4.31 Å². The molecule has 1 aliphatic rings. The minimum atomic E-state index is -3.47. The van der Waals surface area contributed by atoms with E-state index in [4.69, 9.17) is 28.9 Å². The number of hydrogen-bond donors (Lipinski definition) is 1. The van der Waals surface area contributed by atoms with Crippen molar-refractivity contribution >= 4 is 45.6 Å². The van der Waals surface area contributed by atoms with Gasteiger partial charge in [-0.1, -0.05) is 53.5 Å². The van der Waals surface area contributed by atoms with Gasteiger partial charge in [0.25, 0.3) is 0 Å². The standard InChI is InChI=1S/C18H20Cl2N2O2S.ClH/c19-16-6-13(7-17(20)8-16)12-25(23,24)22-10-15(9-21)18(11-22)14-4-2-1-3-5-14;/h1-8,15,18H,9-12,21H2;1H/t15-,18+;/m1./s1. The van der Waals surface area contributed by atoms with Crippen LogP contribution in [0.1, 0.15) is 17.0 Å². The summed E-state index contributed by atoms with van der Waals surface area (Å²) in [7, 11) is -3.47. The largest absolute Gasteiger partial charge is 0.330 e. The van der Waals surface area contributed by atoms with Crippen LogP contribution in [-0.4, -0.2) is 32.4 Å². The Morgan fingerprint density at radius 3 is 2.23 bits per heavy atom. The van der Waals surface area contributed by atoms with E-state index in [0.29, 0.717) is 35.2 Å². The van der Waals surface area contributed by atoms with Crippen molar-refractivity contribution in [2.75, 3.05) is 19.6 Å². The molecule has 0 radical (unpaired) electrons. The van der Waals surface area contributed by atoms with Gasteiger partial charge < -0.3 is 5.73 Å². The van der Waals surface area contributed by atoms with Crippen molar-refractivity contribution in [1.29, 1.82) is 0 Å². The Bertz CT molecular complexity index is 827. The van der Waals surface area contributed by atoms with Crippen molar-refractivity contribution in [3.63, 3.8) is 0 Å². The average molecular weight is 436 g/mol. The predicted molar refractivity (Wildman–Crippen MR) is 110 cm³/mol. The van der Waals surface area contributed by atoms with Gasteiger partial charge in [-0.2, -0.15) is 0 Å². The number of benzene rings is 2. The molecule has 2 aromatic carbocycles. The molecule has 0 bridgehead atoms. The molecular weight excluding hydrogens is 415 g/mol. The van der Waals surface area contributed by atoms with Crippen molar-refractivity contribution < 1.29 is 8.42 Å². The van der Waals surface area contributed by atoms with E-state index in [1.807, 2.05) is 30.3 Å². The fourth-order valence-corrected chi connectivity index (χ4v) is 5.52. The third-order valence-corrected chi connectivity index (χ3v) is 6.82. The van der Waals surface area contributed by atoms with Gasteiger partial charge in [0.15, 0.2) is 0 Å². The SMILES string of the molecule is Cl.NC[C@@H]1CN(S(=O)(=O)Cc2cc(Cl)cc(Cl)c2)C[C@H]1c1ccccc1. The fourth-order valence-electron chi connectivity index (χ4n) is 3.37. The number of rotatable bonds is 5. The molecule has 0 aliphatic carbocycles. The molecule has 2 aromatic rings. The molecule has 142 valence electrons. The zero-order chi connectivity index (χ0) is 18.0. The van der Waals surface area contributed by atoms with Crippen LogP contribution in [-0.2, 0) is 15.8 Å². The van der Waals surface area contributed by atoms with Crippen LogP contribution in [0.2, 0.25) is 10.0 Å². The number of nitrogens with zero attached hydrogens (tertiary/aromatic N) is 1. The van der Waals surface area contributed by atoms with Gasteiger partial charge in [-0.25, -0.2) is 12.7 Å². The van der Waals surface area contributed by atoms with Gasteiger partial charge in [0, 0.05) is 29.1 Å². The molecule has 3 rings (SSSR count). The van der Waals surface area contributed by atoms with Gasteiger partial charge in [0.1, 0.15) is 0 Å². The number of hydrogen-bond acceptors (Lipinski definition) is 3. The predicted octanol–water partition coefficient (Wildman–Crippen LogP) is 3.92. The van der Waals surface area contributed by atoms with Crippen LogP contribution in [0.5, 0.6) is 0 Å². The molecule has 2 N–H and O–H groups in total. The Morgan fingerprint density at radius 1 is 1.04 bits per heavy atom. The van der Waals surface area contributed by atoms with Crippen LogP contribution in [0.15, 0.2) is 48.5 Å². The van der Waals surface area contributed by atoms with E-state index in [9.17, 15) is 8.42 Å². The van der Waals surface area contributed by atoms with E-state index in [2.05, 4.69) is 0 Å². The lowest BCUT2D eigenvalue weighted by molar-refractivity contribution is 0.458. The van der Waals surface area contributed by atoms with Crippen molar-refractivity contribution in [2.24, 2.45) is 11.7 Å². The summed E-state index contributed by atoms with van der Waals surface area (Å²) in [6, 6.07) is 14.8. The smallest absolute Gasteiger partial charge is 0.218 e. The lowest BCUT2D eigenvalue weighted by Gasteiger charge is -2.17. The van der Waals surface area contributed by atoms with Crippen LogP contribution >= 0.6 is 35.6 Å². The summed E-state index contributed by atoms with van der Waals surface area (Å²) in [6.45, 7) is 1.34. The molecular formula is C18H21Cl3N2O2S. The highest BCUT2D eigenvalue weighted by atomic mass is 35.5. The lowest BCUT2D eigenvalue weighted by Crippen LogP contribution is -2.31. The van der Waals surface area contributed by atoms with Gasteiger partial charge >= 0.3 is 0 Å². The first-order valence-corrected chi connectivity index (χ1v) is 10.4. The molecule has 0 spiro atoms. The minimum absolute atomic E-state index is 0. The highest BCUT2D eigenvalue weighted by Gasteiger charge is 2.38. The molecule has 1 saturated heterocycles. The second-order valence-corrected chi connectivity index (χ2v) is 9.21. The molecule has 4 nitrogen and oxygen atoms in total. The van der Waals surface area contributed by atoms with E-state index >= 15 is 0 Å². The van der Waals surface area contributed by atoms with Crippen molar-refractivity contribution in [3.8, 4) is 0 Å². The van der Waals surface area contributed by atoms with Crippen molar-refractivity contribution in [2.45, 2.75) is 11.7 Å². The summed E-state index contributed by atoms with van der Waals surface area (Å²) in [4.78, 5) is 0. The summed E-state index contributed by atoms with van der Waals surface area (Å²) in [5.41, 5.74) is 7.62. The maximum atomic E-state index is 12.9. The molecule has 1 heterocycles. The second-order valence-electron chi connectivity index (χ2n) is 6.36. The number of sulfonamides is 1. The molecule has 0 unspecified atom stereocenters. The van der Waals surface area contributed by atoms with E-state index in [0.717, 1.165) is 5.56 Å². The Kier molecular flexibility index (Phi) is 7.36. The molecule has 8 heteroatoms. The lowest BCUT2D eigenvalue weighted by atomic mass is 9.89. The molecule has 2 atom stereocenters. The van der Waals surface area contributed by atoms with Gasteiger partial charge in [-0.3, -0.25) is 0 Å². The van der Waals surface area contributed by atoms with E-state index in [1.54, 1.807) is 18.2 Å². The monoisotopic (exact) mass is 434 g/mol. The van der Waals surface area contributed by atoms with E-state index in [-0.39, 0.29) is 30.0 Å². The average Bonchev–Trinajstić information content (AvgIpc) is 2.99. The minimum Gasteiger partial charge on any atom is -0.330 e. The number of halogens is 3. The van der Waals surface area contributed by atoms with Crippen LogP contribution < -0.4 is 5.73 Å². The van der Waals surface area contributed by atoms with Crippen LogP contribution in [0.25, 0.3) is 0 Å². The summed E-state index contributed by atoms with van der Waals surface area (Å²) in [6.07, 6.45) is 0.